The van der Waals surface area contributed by atoms with E-state index in [4.69, 9.17) is 16.9 Å². The third-order valence-corrected chi connectivity index (χ3v) is 2.09. The summed E-state index contributed by atoms with van der Waals surface area (Å²) in [5, 5.41) is 8.25. The number of nitriles is 1. The molecule has 0 spiro atoms. The van der Waals surface area contributed by atoms with Gasteiger partial charge in [-0.2, -0.15) is 5.26 Å². The molecule has 0 bridgehead atoms. The lowest BCUT2D eigenvalue weighted by atomic mass is 10.3. The summed E-state index contributed by atoms with van der Waals surface area (Å²) in [4.78, 5) is 0. The van der Waals surface area contributed by atoms with Crippen LogP contribution in [0.25, 0.3) is 0 Å². The minimum absolute atomic E-state index is 0.376. The van der Waals surface area contributed by atoms with Crippen molar-refractivity contribution >= 4 is 34.2 Å². The Morgan fingerprint density at radius 1 is 2.00 bits per heavy atom. The average molecular weight is 229 g/mol. The van der Waals surface area contributed by atoms with Crippen LogP contribution in [0.1, 0.15) is 6.92 Å². The van der Waals surface area contributed by atoms with E-state index >= 15 is 0 Å². The van der Waals surface area contributed by atoms with Gasteiger partial charge in [-0.25, -0.2) is 0 Å². The Kier molecular flexibility index (Phi) is 2.93. The number of hydrogen-bond donors (Lipinski definition) is 0. The fraction of sp³-hybridized carbons (Fsp3) is 0.750. The first kappa shape index (κ1) is 7.51. The molecular formula is C4H5ClIN. The summed E-state index contributed by atoms with van der Waals surface area (Å²) in [6.07, 6.45) is 0. The SMILES string of the molecule is C[C@](I)(C#N)CCl. The highest BCUT2D eigenvalue weighted by Gasteiger charge is 2.15. The number of halogens is 2. The van der Waals surface area contributed by atoms with Crippen LogP contribution in [-0.4, -0.2) is 9.30 Å². The van der Waals surface area contributed by atoms with Gasteiger partial charge < -0.3 is 0 Å². The van der Waals surface area contributed by atoms with Crippen molar-refractivity contribution in [2.24, 2.45) is 0 Å². The molecule has 3 heteroatoms. The van der Waals surface area contributed by atoms with Crippen molar-refractivity contribution in [1.29, 1.82) is 5.26 Å². The van der Waals surface area contributed by atoms with Crippen molar-refractivity contribution < 1.29 is 0 Å². The molecule has 0 radical (unpaired) electrons. The van der Waals surface area contributed by atoms with Gasteiger partial charge in [0.25, 0.3) is 0 Å². The first-order chi connectivity index (χ1) is 3.12. The van der Waals surface area contributed by atoms with Crippen LogP contribution in [0.4, 0.5) is 0 Å². The Balaban J connectivity index is 3.66. The fourth-order valence-electron chi connectivity index (χ4n) is 0.0299. The molecule has 0 amide bonds. The topological polar surface area (TPSA) is 23.8 Å². The highest BCUT2D eigenvalue weighted by atomic mass is 127. The Morgan fingerprint density at radius 3 is 2.43 bits per heavy atom. The van der Waals surface area contributed by atoms with Gasteiger partial charge in [0.1, 0.15) is 3.42 Å². The summed E-state index contributed by atoms with van der Waals surface area (Å²) in [5.41, 5.74) is 0. The molecule has 0 aromatic rings. The Bertz CT molecular complexity index is 94.4. The molecule has 0 aromatic heterocycles. The molecule has 40 valence electrons. The monoisotopic (exact) mass is 229 g/mol. The van der Waals surface area contributed by atoms with Gasteiger partial charge in [-0.3, -0.25) is 0 Å². The van der Waals surface area contributed by atoms with Crippen molar-refractivity contribution in [2.45, 2.75) is 10.3 Å². The molecule has 7 heavy (non-hydrogen) atoms. The Morgan fingerprint density at radius 2 is 2.43 bits per heavy atom. The van der Waals surface area contributed by atoms with Crippen LogP contribution in [0.2, 0.25) is 0 Å². The molecule has 0 unspecified atom stereocenters. The van der Waals surface area contributed by atoms with E-state index < -0.39 is 0 Å². The highest BCUT2D eigenvalue weighted by molar-refractivity contribution is 14.1. The molecule has 0 N–H and O–H groups in total. The van der Waals surface area contributed by atoms with Crippen LogP contribution in [-0.2, 0) is 0 Å². The smallest absolute Gasteiger partial charge is 0.119 e. The molecular weight excluding hydrogens is 224 g/mol. The lowest BCUT2D eigenvalue weighted by Gasteiger charge is -2.04. The van der Waals surface area contributed by atoms with Crippen molar-refractivity contribution in [1.82, 2.24) is 0 Å². The number of rotatable bonds is 1. The van der Waals surface area contributed by atoms with Gasteiger partial charge in [-0.05, 0) is 6.92 Å². The molecule has 0 saturated carbocycles. The van der Waals surface area contributed by atoms with Gasteiger partial charge in [0, 0.05) is 5.88 Å². The summed E-state index contributed by atoms with van der Waals surface area (Å²) < 4.78 is -0.376. The second-order valence-corrected chi connectivity index (χ2v) is 4.09. The standard InChI is InChI=1S/C4H5ClIN/c1-4(6,2-5)3-7/h2H2,1H3/t4-/m1/s1. The minimum atomic E-state index is -0.376. The van der Waals surface area contributed by atoms with Crippen LogP contribution < -0.4 is 0 Å². The van der Waals surface area contributed by atoms with E-state index in [1.165, 1.54) is 0 Å². The maximum Gasteiger partial charge on any atom is 0.119 e. The molecule has 0 fully saturated rings. The number of hydrogen-bond acceptors (Lipinski definition) is 1. The molecule has 0 aliphatic heterocycles. The summed E-state index contributed by atoms with van der Waals surface area (Å²) in [6.45, 7) is 1.79. The molecule has 0 aliphatic carbocycles. The van der Waals surface area contributed by atoms with Crippen LogP contribution in [0.5, 0.6) is 0 Å². The largest absolute Gasteiger partial charge is 0.197 e. The van der Waals surface area contributed by atoms with Crippen LogP contribution >= 0.6 is 34.2 Å². The molecule has 1 nitrogen and oxygen atoms in total. The van der Waals surface area contributed by atoms with Crippen molar-refractivity contribution in [3.63, 3.8) is 0 Å². The van der Waals surface area contributed by atoms with Crippen molar-refractivity contribution in [2.75, 3.05) is 5.88 Å². The Labute approximate surface area is 61.8 Å². The predicted molar refractivity (Wildman–Crippen MR) is 38.8 cm³/mol. The maximum absolute atomic E-state index is 8.25. The molecule has 0 rings (SSSR count). The first-order valence-electron chi connectivity index (χ1n) is 1.78. The zero-order valence-corrected chi connectivity index (χ0v) is 6.82. The van der Waals surface area contributed by atoms with E-state index in [0.29, 0.717) is 5.88 Å². The third-order valence-electron chi connectivity index (χ3n) is 0.484. The number of nitrogens with zero attached hydrogens (tertiary/aromatic N) is 1. The summed E-state index contributed by atoms with van der Waals surface area (Å²) >= 11 is 7.37. The third kappa shape index (κ3) is 3.12. The normalized spacial score (nSPS) is 17.4. The fourth-order valence-corrected chi connectivity index (χ4v) is 0.0896. The average Bonchev–Trinajstić information content (AvgIpc) is 1.68. The first-order valence-corrected chi connectivity index (χ1v) is 3.40. The van der Waals surface area contributed by atoms with Gasteiger partial charge in [0.2, 0.25) is 0 Å². The zero-order valence-electron chi connectivity index (χ0n) is 3.91. The summed E-state index contributed by atoms with van der Waals surface area (Å²) in [6, 6.07) is 2.05. The van der Waals surface area contributed by atoms with Gasteiger partial charge in [-0.15, -0.1) is 11.6 Å². The summed E-state index contributed by atoms with van der Waals surface area (Å²) in [5.74, 6) is 0.393. The van der Waals surface area contributed by atoms with E-state index in [2.05, 4.69) is 0 Å². The second kappa shape index (κ2) is 2.73. The van der Waals surface area contributed by atoms with E-state index in [0.717, 1.165) is 0 Å². The predicted octanol–water partition coefficient (Wildman–Crippen LogP) is 1.94. The van der Waals surface area contributed by atoms with Crippen LogP contribution in [0.3, 0.4) is 0 Å². The molecule has 1 atom stereocenters. The quantitative estimate of drug-likeness (QED) is 0.498. The van der Waals surface area contributed by atoms with Gasteiger partial charge >= 0.3 is 0 Å². The highest BCUT2D eigenvalue weighted by Crippen LogP contribution is 2.17. The summed E-state index contributed by atoms with van der Waals surface area (Å²) in [7, 11) is 0. The van der Waals surface area contributed by atoms with E-state index in [1.807, 2.05) is 28.7 Å². The van der Waals surface area contributed by atoms with E-state index in [-0.39, 0.29) is 3.42 Å². The van der Waals surface area contributed by atoms with Crippen LogP contribution in [0.15, 0.2) is 0 Å². The molecule has 0 saturated heterocycles. The van der Waals surface area contributed by atoms with E-state index in [9.17, 15) is 0 Å². The molecule has 0 heterocycles. The minimum Gasteiger partial charge on any atom is -0.197 e. The van der Waals surface area contributed by atoms with Gasteiger partial charge in [0.05, 0.1) is 6.07 Å². The molecule has 0 aromatic carbocycles. The number of alkyl halides is 2. The van der Waals surface area contributed by atoms with Crippen molar-refractivity contribution in [3.05, 3.63) is 0 Å². The zero-order chi connectivity index (χ0) is 5.91. The lowest BCUT2D eigenvalue weighted by Crippen LogP contribution is -2.12. The second-order valence-electron chi connectivity index (χ2n) is 1.44. The van der Waals surface area contributed by atoms with Gasteiger partial charge in [0.15, 0.2) is 0 Å². The van der Waals surface area contributed by atoms with E-state index in [1.54, 1.807) is 6.92 Å². The maximum atomic E-state index is 8.25. The Hall–Kier alpha value is 0.510. The van der Waals surface area contributed by atoms with Gasteiger partial charge in [-0.1, -0.05) is 22.6 Å². The van der Waals surface area contributed by atoms with Crippen LogP contribution in [0, 0.1) is 11.3 Å². The molecule has 0 aliphatic rings. The lowest BCUT2D eigenvalue weighted by molar-refractivity contribution is 0.968. The van der Waals surface area contributed by atoms with Crippen molar-refractivity contribution in [3.8, 4) is 6.07 Å².